The van der Waals surface area contributed by atoms with Crippen LogP contribution in [0, 0.1) is 0 Å². The molecule has 3 nitrogen and oxygen atoms in total. The second kappa shape index (κ2) is 6.27. The van der Waals surface area contributed by atoms with Crippen LogP contribution in [0.4, 0.5) is 0 Å². The van der Waals surface area contributed by atoms with Gasteiger partial charge in [-0.1, -0.05) is 32.9 Å². The first kappa shape index (κ1) is 15.5. The Morgan fingerprint density at radius 2 is 1.86 bits per heavy atom. The molecule has 0 saturated heterocycles. The first-order valence-electron chi connectivity index (χ1n) is 7.35. The SMILES string of the molecule is CCC(C)(C)c1ccc(Oc2ncccc2C(C)O)cc1. The van der Waals surface area contributed by atoms with Gasteiger partial charge in [0.05, 0.1) is 6.10 Å². The molecule has 0 spiro atoms. The Labute approximate surface area is 126 Å². The smallest absolute Gasteiger partial charge is 0.225 e. The fourth-order valence-corrected chi connectivity index (χ4v) is 2.10. The van der Waals surface area contributed by atoms with Crippen LogP contribution in [0.5, 0.6) is 11.6 Å². The number of benzene rings is 1. The molecule has 2 aromatic rings. The van der Waals surface area contributed by atoms with E-state index >= 15 is 0 Å². The summed E-state index contributed by atoms with van der Waals surface area (Å²) >= 11 is 0. The van der Waals surface area contributed by atoms with Crippen LogP contribution in [-0.4, -0.2) is 10.1 Å². The summed E-state index contributed by atoms with van der Waals surface area (Å²) < 4.78 is 5.80. The van der Waals surface area contributed by atoms with E-state index in [0.29, 0.717) is 11.4 Å². The summed E-state index contributed by atoms with van der Waals surface area (Å²) in [5.74, 6) is 1.18. The molecule has 0 bridgehead atoms. The quantitative estimate of drug-likeness (QED) is 0.872. The van der Waals surface area contributed by atoms with E-state index < -0.39 is 6.10 Å². The average Bonchev–Trinajstić information content (AvgIpc) is 2.48. The van der Waals surface area contributed by atoms with E-state index in [4.69, 9.17) is 4.74 Å². The average molecular weight is 285 g/mol. The van der Waals surface area contributed by atoms with Gasteiger partial charge in [-0.15, -0.1) is 0 Å². The van der Waals surface area contributed by atoms with Gasteiger partial charge in [0.1, 0.15) is 5.75 Å². The number of hydrogen-bond donors (Lipinski definition) is 1. The number of aliphatic hydroxyl groups is 1. The van der Waals surface area contributed by atoms with Gasteiger partial charge in [0.2, 0.25) is 5.88 Å². The van der Waals surface area contributed by atoms with Crippen molar-refractivity contribution >= 4 is 0 Å². The minimum atomic E-state index is -0.605. The van der Waals surface area contributed by atoms with E-state index in [0.717, 1.165) is 12.2 Å². The van der Waals surface area contributed by atoms with Crippen LogP contribution < -0.4 is 4.74 Å². The first-order chi connectivity index (χ1) is 9.94. The zero-order chi connectivity index (χ0) is 15.5. The van der Waals surface area contributed by atoms with Crippen molar-refractivity contribution in [2.24, 2.45) is 0 Å². The highest BCUT2D eigenvalue weighted by molar-refractivity contribution is 5.36. The summed E-state index contributed by atoms with van der Waals surface area (Å²) in [4.78, 5) is 4.20. The molecule has 1 N–H and O–H groups in total. The number of rotatable bonds is 5. The molecule has 0 radical (unpaired) electrons. The maximum absolute atomic E-state index is 9.75. The Morgan fingerprint density at radius 1 is 1.19 bits per heavy atom. The van der Waals surface area contributed by atoms with Crippen molar-refractivity contribution in [1.82, 2.24) is 4.98 Å². The minimum absolute atomic E-state index is 0.161. The van der Waals surface area contributed by atoms with Gasteiger partial charge in [0.15, 0.2) is 0 Å². The van der Waals surface area contributed by atoms with Crippen molar-refractivity contribution < 1.29 is 9.84 Å². The lowest BCUT2D eigenvalue weighted by atomic mass is 9.82. The third-order valence-corrected chi connectivity index (χ3v) is 3.98. The third-order valence-electron chi connectivity index (χ3n) is 3.98. The van der Waals surface area contributed by atoms with E-state index in [-0.39, 0.29) is 5.41 Å². The van der Waals surface area contributed by atoms with Gasteiger partial charge in [-0.3, -0.25) is 0 Å². The zero-order valence-corrected chi connectivity index (χ0v) is 13.1. The Bertz CT molecular complexity index is 588. The number of ether oxygens (including phenoxy) is 1. The Hall–Kier alpha value is -1.87. The molecule has 0 aliphatic rings. The van der Waals surface area contributed by atoms with Crippen LogP contribution in [0.2, 0.25) is 0 Å². The molecule has 1 heterocycles. The first-order valence-corrected chi connectivity index (χ1v) is 7.35. The summed E-state index contributed by atoms with van der Waals surface area (Å²) in [5, 5.41) is 9.75. The molecule has 1 atom stereocenters. The zero-order valence-electron chi connectivity index (χ0n) is 13.1. The summed E-state index contributed by atoms with van der Waals surface area (Å²) in [7, 11) is 0. The van der Waals surface area contributed by atoms with Crippen molar-refractivity contribution in [3.8, 4) is 11.6 Å². The maximum Gasteiger partial charge on any atom is 0.225 e. The minimum Gasteiger partial charge on any atom is -0.439 e. The highest BCUT2D eigenvalue weighted by Crippen LogP contribution is 2.31. The lowest BCUT2D eigenvalue weighted by Gasteiger charge is -2.23. The molecule has 0 saturated carbocycles. The van der Waals surface area contributed by atoms with Crippen molar-refractivity contribution in [1.29, 1.82) is 0 Å². The number of hydrogen-bond acceptors (Lipinski definition) is 3. The highest BCUT2D eigenvalue weighted by Gasteiger charge is 2.18. The van der Waals surface area contributed by atoms with Crippen LogP contribution in [0.25, 0.3) is 0 Å². The van der Waals surface area contributed by atoms with E-state index in [1.165, 1.54) is 5.56 Å². The van der Waals surface area contributed by atoms with Gasteiger partial charge in [-0.2, -0.15) is 0 Å². The molecule has 1 unspecified atom stereocenters. The molecule has 1 aromatic carbocycles. The molecule has 2 rings (SSSR count). The lowest BCUT2D eigenvalue weighted by Crippen LogP contribution is -2.14. The molecule has 0 aliphatic carbocycles. The normalized spacial score (nSPS) is 13.0. The van der Waals surface area contributed by atoms with E-state index in [1.54, 1.807) is 19.2 Å². The van der Waals surface area contributed by atoms with Gasteiger partial charge in [-0.05, 0) is 48.6 Å². The van der Waals surface area contributed by atoms with Crippen molar-refractivity contribution in [2.45, 2.75) is 45.6 Å². The topological polar surface area (TPSA) is 42.4 Å². The number of pyridine rings is 1. The largest absolute Gasteiger partial charge is 0.439 e. The molecule has 112 valence electrons. The molecular formula is C18H23NO2. The Morgan fingerprint density at radius 3 is 2.43 bits per heavy atom. The van der Waals surface area contributed by atoms with E-state index in [2.05, 4.69) is 37.9 Å². The second-order valence-corrected chi connectivity index (χ2v) is 5.94. The van der Waals surface area contributed by atoms with Crippen LogP contribution in [0.3, 0.4) is 0 Å². The Kier molecular flexibility index (Phi) is 4.63. The van der Waals surface area contributed by atoms with Gasteiger partial charge >= 0.3 is 0 Å². The molecule has 0 amide bonds. The molecule has 0 fully saturated rings. The van der Waals surface area contributed by atoms with Crippen LogP contribution >= 0.6 is 0 Å². The van der Waals surface area contributed by atoms with Gasteiger partial charge in [-0.25, -0.2) is 4.98 Å². The standard InChI is InChI=1S/C18H23NO2/c1-5-18(3,4)14-8-10-15(11-9-14)21-17-16(13(2)20)7-6-12-19-17/h6-13,20H,5H2,1-4H3. The van der Waals surface area contributed by atoms with Gasteiger partial charge in [0.25, 0.3) is 0 Å². The number of nitrogens with zero attached hydrogens (tertiary/aromatic N) is 1. The number of aromatic nitrogens is 1. The van der Waals surface area contributed by atoms with Gasteiger partial charge in [0, 0.05) is 11.8 Å². The van der Waals surface area contributed by atoms with E-state index in [1.807, 2.05) is 18.2 Å². The second-order valence-electron chi connectivity index (χ2n) is 5.94. The van der Waals surface area contributed by atoms with Crippen molar-refractivity contribution in [3.05, 3.63) is 53.7 Å². The molecular weight excluding hydrogens is 262 g/mol. The monoisotopic (exact) mass is 285 g/mol. The summed E-state index contributed by atoms with van der Waals surface area (Å²) in [6.45, 7) is 8.35. The van der Waals surface area contributed by atoms with E-state index in [9.17, 15) is 5.11 Å². The predicted molar refractivity (Wildman–Crippen MR) is 84.7 cm³/mol. The molecule has 21 heavy (non-hydrogen) atoms. The van der Waals surface area contributed by atoms with Crippen molar-refractivity contribution in [3.63, 3.8) is 0 Å². The van der Waals surface area contributed by atoms with Crippen LogP contribution in [-0.2, 0) is 5.41 Å². The fraction of sp³-hybridized carbons (Fsp3) is 0.389. The maximum atomic E-state index is 9.75. The van der Waals surface area contributed by atoms with Crippen molar-refractivity contribution in [2.75, 3.05) is 0 Å². The molecule has 0 aliphatic heterocycles. The van der Waals surface area contributed by atoms with Crippen LogP contribution in [0.15, 0.2) is 42.6 Å². The number of aliphatic hydroxyl groups excluding tert-OH is 1. The summed E-state index contributed by atoms with van der Waals surface area (Å²) in [5.41, 5.74) is 2.14. The molecule has 1 aromatic heterocycles. The fourth-order valence-electron chi connectivity index (χ4n) is 2.10. The highest BCUT2D eigenvalue weighted by atomic mass is 16.5. The lowest BCUT2D eigenvalue weighted by molar-refractivity contribution is 0.194. The Balaban J connectivity index is 2.22. The van der Waals surface area contributed by atoms with Gasteiger partial charge < -0.3 is 9.84 Å². The predicted octanol–water partition coefficient (Wildman–Crippen LogP) is 4.61. The summed E-state index contributed by atoms with van der Waals surface area (Å²) in [6.07, 6.45) is 2.14. The summed E-state index contributed by atoms with van der Waals surface area (Å²) in [6, 6.07) is 11.7. The van der Waals surface area contributed by atoms with Crippen LogP contribution in [0.1, 0.15) is 51.3 Å². The molecule has 3 heteroatoms. The third kappa shape index (κ3) is 3.61.